The molecule has 0 aliphatic heterocycles. The summed E-state index contributed by atoms with van der Waals surface area (Å²) >= 11 is 6.15. The highest BCUT2D eigenvalue weighted by Crippen LogP contribution is 2.31. The molecule has 0 amide bonds. The Labute approximate surface area is 109 Å². The fourth-order valence-electron chi connectivity index (χ4n) is 1.70. The number of nitrogens with one attached hydrogen (secondary N) is 1. The minimum absolute atomic E-state index is 0.0569. The third-order valence-corrected chi connectivity index (χ3v) is 3.69. The van der Waals surface area contributed by atoms with Gasteiger partial charge in [0.15, 0.2) is 0 Å². The van der Waals surface area contributed by atoms with E-state index in [1.54, 1.807) is 0 Å². The molecule has 0 aliphatic carbocycles. The molecule has 1 N–H and O–H groups in total. The Morgan fingerprint density at radius 2 is 1.88 bits per heavy atom. The van der Waals surface area contributed by atoms with Crippen LogP contribution in [0.5, 0.6) is 0 Å². The lowest BCUT2D eigenvalue weighted by atomic mass is 9.94. The summed E-state index contributed by atoms with van der Waals surface area (Å²) in [4.78, 5) is 8.39. The third kappa shape index (κ3) is 3.32. The van der Waals surface area contributed by atoms with Crippen LogP contribution in [0.15, 0.2) is 6.33 Å². The molecule has 0 spiro atoms. The lowest BCUT2D eigenvalue weighted by Gasteiger charge is -2.30. The first-order valence-corrected chi connectivity index (χ1v) is 6.60. The molecule has 0 saturated carbocycles. The van der Waals surface area contributed by atoms with E-state index in [1.807, 2.05) is 0 Å². The quantitative estimate of drug-likeness (QED) is 0.800. The Balaban J connectivity index is 3.10. The van der Waals surface area contributed by atoms with Gasteiger partial charge >= 0.3 is 0 Å². The first-order chi connectivity index (χ1) is 7.93. The van der Waals surface area contributed by atoms with Crippen LogP contribution in [0.1, 0.15) is 58.9 Å². The van der Waals surface area contributed by atoms with Gasteiger partial charge in [0, 0.05) is 11.1 Å². The fraction of sp³-hybridized carbons (Fsp3) is 0.692. The predicted molar refractivity (Wildman–Crippen MR) is 73.7 cm³/mol. The van der Waals surface area contributed by atoms with Crippen LogP contribution in [0.25, 0.3) is 0 Å². The zero-order valence-electron chi connectivity index (χ0n) is 11.3. The Morgan fingerprint density at radius 3 is 2.35 bits per heavy atom. The minimum atomic E-state index is 0.0569. The Kier molecular flexibility index (Phi) is 4.75. The zero-order valence-corrected chi connectivity index (χ0v) is 12.1. The molecule has 0 unspecified atom stereocenters. The van der Waals surface area contributed by atoms with Gasteiger partial charge in [0.2, 0.25) is 0 Å². The van der Waals surface area contributed by atoms with Crippen molar-refractivity contribution in [2.75, 3.05) is 5.32 Å². The highest BCUT2D eigenvalue weighted by atomic mass is 35.5. The van der Waals surface area contributed by atoms with E-state index in [2.05, 4.69) is 49.9 Å². The summed E-state index contributed by atoms with van der Waals surface area (Å²) in [6.45, 7) is 10.8. The van der Waals surface area contributed by atoms with Crippen molar-refractivity contribution >= 4 is 17.4 Å². The van der Waals surface area contributed by atoms with E-state index in [0.29, 0.717) is 11.1 Å². The molecule has 1 heterocycles. The lowest BCUT2D eigenvalue weighted by molar-refractivity contribution is 0.475. The molecule has 96 valence electrons. The number of aromatic nitrogens is 2. The molecule has 3 nitrogen and oxygen atoms in total. The van der Waals surface area contributed by atoms with Gasteiger partial charge in [-0.2, -0.15) is 0 Å². The molecule has 0 aromatic carbocycles. The maximum absolute atomic E-state index is 6.15. The summed E-state index contributed by atoms with van der Waals surface area (Å²) in [5, 5.41) is 4.06. The lowest BCUT2D eigenvalue weighted by Crippen LogP contribution is -2.34. The van der Waals surface area contributed by atoms with E-state index in [1.165, 1.54) is 6.33 Å². The van der Waals surface area contributed by atoms with Gasteiger partial charge in [-0.15, -0.1) is 0 Å². The predicted octanol–water partition coefficient (Wildman–Crippen LogP) is 4.24. The molecular weight excluding hydrogens is 234 g/mol. The largest absolute Gasteiger partial charge is 0.365 e. The van der Waals surface area contributed by atoms with Gasteiger partial charge in [-0.3, -0.25) is 0 Å². The van der Waals surface area contributed by atoms with Crippen molar-refractivity contribution in [2.45, 2.75) is 58.9 Å². The smallest absolute Gasteiger partial charge is 0.138 e. The van der Waals surface area contributed by atoms with Crippen molar-refractivity contribution in [1.29, 1.82) is 0 Å². The Bertz CT molecular complexity index is 373. The number of hydrogen-bond donors (Lipinski definition) is 1. The van der Waals surface area contributed by atoms with E-state index in [0.717, 1.165) is 24.2 Å². The van der Waals surface area contributed by atoms with Crippen molar-refractivity contribution in [2.24, 2.45) is 0 Å². The monoisotopic (exact) mass is 255 g/mol. The highest BCUT2D eigenvalue weighted by molar-refractivity contribution is 6.30. The molecule has 1 aromatic rings. The second kappa shape index (κ2) is 5.67. The molecule has 1 aromatic heterocycles. The molecular formula is C13H22ClN3. The van der Waals surface area contributed by atoms with Crippen LogP contribution in [0.4, 0.5) is 5.82 Å². The van der Waals surface area contributed by atoms with Crippen LogP contribution < -0.4 is 5.32 Å². The van der Waals surface area contributed by atoms with Gasteiger partial charge in [0.25, 0.3) is 0 Å². The molecule has 17 heavy (non-hydrogen) atoms. The first kappa shape index (κ1) is 14.2. The SMILES string of the molecule is CCC(C)(CC)Nc1ncnc(Cl)c1C(C)C. The zero-order chi connectivity index (χ0) is 13.1. The molecule has 1 rings (SSSR count). The van der Waals surface area contributed by atoms with Crippen molar-refractivity contribution < 1.29 is 0 Å². The van der Waals surface area contributed by atoms with Crippen LogP contribution in [0, 0.1) is 0 Å². The number of nitrogens with zero attached hydrogens (tertiary/aromatic N) is 2. The summed E-state index contributed by atoms with van der Waals surface area (Å²) < 4.78 is 0. The maximum atomic E-state index is 6.15. The van der Waals surface area contributed by atoms with Crippen molar-refractivity contribution in [3.63, 3.8) is 0 Å². The average Bonchev–Trinajstić information content (AvgIpc) is 2.28. The van der Waals surface area contributed by atoms with Crippen molar-refractivity contribution in [3.05, 3.63) is 17.0 Å². The Hall–Kier alpha value is -0.830. The van der Waals surface area contributed by atoms with E-state index in [4.69, 9.17) is 11.6 Å². The minimum Gasteiger partial charge on any atom is -0.365 e. The van der Waals surface area contributed by atoms with Crippen molar-refractivity contribution in [3.8, 4) is 0 Å². The van der Waals surface area contributed by atoms with Gasteiger partial charge in [0.05, 0.1) is 0 Å². The summed E-state index contributed by atoms with van der Waals surface area (Å²) in [6, 6.07) is 0. The summed E-state index contributed by atoms with van der Waals surface area (Å²) in [7, 11) is 0. The highest BCUT2D eigenvalue weighted by Gasteiger charge is 2.23. The molecule has 0 aliphatic rings. The summed E-state index contributed by atoms with van der Waals surface area (Å²) in [6.07, 6.45) is 3.60. The van der Waals surface area contributed by atoms with Crippen LogP contribution in [-0.2, 0) is 0 Å². The first-order valence-electron chi connectivity index (χ1n) is 6.22. The number of anilines is 1. The van der Waals surface area contributed by atoms with Gasteiger partial charge in [0.1, 0.15) is 17.3 Å². The molecule has 0 saturated heterocycles. The summed E-state index contributed by atoms with van der Waals surface area (Å²) in [5.41, 5.74) is 1.06. The van der Waals surface area contributed by atoms with E-state index in [-0.39, 0.29) is 5.54 Å². The van der Waals surface area contributed by atoms with Crippen LogP contribution in [0.2, 0.25) is 5.15 Å². The van der Waals surface area contributed by atoms with Gasteiger partial charge in [-0.1, -0.05) is 39.3 Å². The number of rotatable bonds is 5. The number of halogens is 1. The van der Waals surface area contributed by atoms with Crippen LogP contribution in [-0.4, -0.2) is 15.5 Å². The van der Waals surface area contributed by atoms with Crippen molar-refractivity contribution in [1.82, 2.24) is 9.97 Å². The van der Waals surface area contributed by atoms with E-state index >= 15 is 0 Å². The molecule has 0 fully saturated rings. The van der Waals surface area contributed by atoms with Crippen LogP contribution >= 0.6 is 11.6 Å². The standard InChI is InChI=1S/C13H22ClN3/c1-6-13(5,7-2)17-12-10(9(3)4)11(14)15-8-16-12/h8-9H,6-7H2,1-5H3,(H,15,16,17). The number of hydrogen-bond acceptors (Lipinski definition) is 3. The van der Waals surface area contributed by atoms with Gasteiger partial charge < -0.3 is 5.32 Å². The molecule has 0 atom stereocenters. The normalized spacial score (nSPS) is 11.9. The Morgan fingerprint density at radius 1 is 1.29 bits per heavy atom. The van der Waals surface area contributed by atoms with E-state index in [9.17, 15) is 0 Å². The molecule has 0 radical (unpaired) electrons. The van der Waals surface area contributed by atoms with Gasteiger partial charge in [-0.25, -0.2) is 9.97 Å². The topological polar surface area (TPSA) is 37.8 Å². The summed E-state index contributed by atoms with van der Waals surface area (Å²) in [5.74, 6) is 1.18. The van der Waals surface area contributed by atoms with E-state index < -0.39 is 0 Å². The average molecular weight is 256 g/mol. The molecule has 4 heteroatoms. The third-order valence-electron chi connectivity index (χ3n) is 3.39. The second-order valence-electron chi connectivity index (χ2n) is 4.97. The molecule has 0 bridgehead atoms. The van der Waals surface area contributed by atoms with Crippen LogP contribution in [0.3, 0.4) is 0 Å². The second-order valence-corrected chi connectivity index (χ2v) is 5.33. The fourth-order valence-corrected chi connectivity index (χ4v) is 2.05. The maximum Gasteiger partial charge on any atom is 0.138 e. The van der Waals surface area contributed by atoms with Gasteiger partial charge in [-0.05, 0) is 25.7 Å².